The smallest absolute Gasteiger partial charge is 0.269 e. The normalized spacial score (nSPS) is 17.4. The standard InChI is InChI=1S/C28H33N5O4S/c29-14-15-30-27(34)25-19-24(13-17-32(25)28(35)26-7-4-18-38-26)31(16-12-21-5-2-1-3-6-21)20-22-8-10-23(11-9-22)33(36)37/h1-11,18,24-25H,12-17,19-20,29H2,(H,30,34)/t24?,25-/m1/s1. The molecule has 0 saturated carbocycles. The van der Waals surface area contributed by atoms with Crippen LogP contribution in [0.5, 0.6) is 0 Å². The highest BCUT2D eigenvalue weighted by Crippen LogP contribution is 2.27. The summed E-state index contributed by atoms with van der Waals surface area (Å²) < 4.78 is 0. The molecule has 10 heteroatoms. The predicted octanol–water partition coefficient (Wildman–Crippen LogP) is 3.45. The number of nitrogens with zero attached hydrogens (tertiary/aromatic N) is 3. The number of non-ortho nitro benzene ring substituents is 1. The molecule has 0 radical (unpaired) electrons. The molecule has 0 aliphatic carbocycles. The highest BCUT2D eigenvalue weighted by molar-refractivity contribution is 7.12. The minimum atomic E-state index is -0.606. The molecular weight excluding hydrogens is 502 g/mol. The molecule has 1 aliphatic heterocycles. The first-order chi connectivity index (χ1) is 18.5. The maximum absolute atomic E-state index is 13.3. The molecule has 1 unspecified atom stereocenters. The Morgan fingerprint density at radius 1 is 1.08 bits per heavy atom. The lowest BCUT2D eigenvalue weighted by Gasteiger charge is -2.43. The number of hydrogen-bond donors (Lipinski definition) is 2. The summed E-state index contributed by atoms with van der Waals surface area (Å²) in [7, 11) is 0. The van der Waals surface area contributed by atoms with Crippen molar-refractivity contribution >= 4 is 28.8 Å². The van der Waals surface area contributed by atoms with E-state index in [1.54, 1.807) is 23.1 Å². The molecule has 3 N–H and O–H groups in total. The zero-order valence-corrected chi connectivity index (χ0v) is 22.0. The van der Waals surface area contributed by atoms with Gasteiger partial charge in [-0.2, -0.15) is 0 Å². The highest BCUT2D eigenvalue weighted by atomic mass is 32.1. The van der Waals surface area contributed by atoms with E-state index in [0.717, 1.165) is 24.9 Å². The molecular formula is C28H33N5O4S. The third kappa shape index (κ3) is 7.03. The minimum Gasteiger partial charge on any atom is -0.353 e. The average Bonchev–Trinajstić information content (AvgIpc) is 3.49. The van der Waals surface area contributed by atoms with E-state index in [-0.39, 0.29) is 23.5 Å². The number of benzene rings is 2. The van der Waals surface area contributed by atoms with Gasteiger partial charge in [-0.25, -0.2) is 0 Å². The van der Waals surface area contributed by atoms with Crippen LogP contribution in [0.25, 0.3) is 0 Å². The number of nitrogens with two attached hydrogens (primary N) is 1. The lowest BCUT2D eigenvalue weighted by Crippen LogP contribution is -2.57. The van der Waals surface area contributed by atoms with Gasteiger partial charge in [-0.05, 0) is 41.8 Å². The molecule has 1 aromatic heterocycles. The Hall–Kier alpha value is -3.60. The molecule has 3 aromatic rings. The van der Waals surface area contributed by atoms with Crippen molar-refractivity contribution in [3.8, 4) is 0 Å². The van der Waals surface area contributed by atoms with Gasteiger partial charge in [-0.3, -0.25) is 24.6 Å². The van der Waals surface area contributed by atoms with Crippen LogP contribution in [0.15, 0.2) is 72.1 Å². The average molecular weight is 536 g/mol. The maximum Gasteiger partial charge on any atom is 0.269 e. The zero-order chi connectivity index (χ0) is 26.9. The van der Waals surface area contributed by atoms with Gasteiger partial charge in [0.2, 0.25) is 5.91 Å². The summed E-state index contributed by atoms with van der Waals surface area (Å²) in [6.07, 6.45) is 2.04. The third-order valence-electron chi connectivity index (χ3n) is 6.89. The van der Waals surface area contributed by atoms with Gasteiger partial charge >= 0.3 is 0 Å². The second-order valence-corrected chi connectivity index (χ2v) is 10.3. The molecule has 1 fully saturated rings. The summed E-state index contributed by atoms with van der Waals surface area (Å²) >= 11 is 1.37. The van der Waals surface area contributed by atoms with Crippen molar-refractivity contribution in [2.45, 2.75) is 37.9 Å². The number of carbonyl (C=O) groups is 2. The molecule has 9 nitrogen and oxygen atoms in total. The Morgan fingerprint density at radius 2 is 1.84 bits per heavy atom. The van der Waals surface area contributed by atoms with Gasteiger partial charge in [0.05, 0.1) is 9.80 Å². The van der Waals surface area contributed by atoms with Crippen molar-refractivity contribution in [3.63, 3.8) is 0 Å². The van der Waals surface area contributed by atoms with Crippen LogP contribution in [0.4, 0.5) is 5.69 Å². The number of nitro groups is 1. The minimum absolute atomic E-state index is 0.0508. The van der Waals surface area contributed by atoms with E-state index in [2.05, 4.69) is 22.3 Å². The van der Waals surface area contributed by atoms with Crippen LogP contribution in [0.1, 0.15) is 33.6 Å². The number of thiophene rings is 1. The molecule has 2 amide bonds. The largest absolute Gasteiger partial charge is 0.353 e. The van der Waals surface area contributed by atoms with Crippen molar-refractivity contribution in [2.24, 2.45) is 5.73 Å². The fourth-order valence-corrected chi connectivity index (χ4v) is 5.57. The molecule has 200 valence electrons. The number of nitro benzene ring substituents is 1. The Bertz CT molecular complexity index is 1200. The van der Waals surface area contributed by atoms with Gasteiger partial charge < -0.3 is 16.0 Å². The Kier molecular flexibility index (Phi) is 9.58. The van der Waals surface area contributed by atoms with Crippen LogP contribution in [0.3, 0.4) is 0 Å². The second-order valence-electron chi connectivity index (χ2n) is 9.38. The molecule has 1 aliphatic rings. The SMILES string of the molecule is NCCNC(=O)[C@H]1CC(N(CCc2ccccc2)Cc2ccc([N+](=O)[O-])cc2)CCN1C(=O)c1cccs1. The van der Waals surface area contributed by atoms with Crippen molar-refractivity contribution in [3.05, 3.63) is 98.2 Å². The Balaban J connectivity index is 1.55. The summed E-state index contributed by atoms with van der Waals surface area (Å²) in [5.74, 6) is -0.319. The molecule has 0 bridgehead atoms. The molecule has 2 aromatic carbocycles. The van der Waals surface area contributed by atoms with E-state index in [4.69, 9.17) is 5.73 Å². The quantitative estimate of drug-likeness (QED) is 0.287. The van der Waals surface area contributed by atoms with Gasteiger partial charge in [-0.1, -0.05) is 48.5 Å². The van der Waals surface area contributed by atoms with Crippen LogP contribution >= 0.6 is 11.3 Å². The topological polar surface area (TPSA) is 122 Å². The number of nitrogens with one attached hydrogen (secondary N) is 1. The first kappa shape index (κ1) is 27.4. The van der Waals surface area contributed by atoms with E-state index in [0.29, 0.717) is 37.5 Å². The number of carbonyl (C=O) groups excluding carboxylic acids is 2. The first-order valence-corrected chi connectivity index (χ1v) is 13.7. The molecule has 2 atom stereocenters. The van der Waals surface area contributed by atoms with E-state index in [1.165, 1.54) is 29.0 Å². The van der Waals surface area contributed by atoms with Gasteiger partial charge in [0.15, 0.2) is 0 Å². The van der Waals surface area contributed by atoms with Crippen LogP contribution in [-0.2, 0) is 17.8 Å². The van der Waals surface area contributed by atoms with Crippen molar-refractivity contribution in [2.75, 3.05) is 26.2 Å². The van der Waals surface area contributed by atoms with Gasteiger partial charge in [0, 0.05) is 50.9 Å². The monoisotopic (exact) mass is 535 g/mol. The number of piperidine rings is 1. The summed E-state index contributed by atoms with van der Waals surface area (Å²) in [4.78, 5) is 41.8. The van der Waals surface area contributed by atoms with Crippen molar-refractivity contribution < 1.29 is 14.5 Å². The summed E-state index contributed by atoms with van der Waals surface area (Å²) in [5, 5.41) is 15.8. The van der Waals surface area contributed by atoms with E-state index >= 15 is 0 Å². The fourth-order valence-electron chi connectivity index (χ4n) is 4.89. The first-order valence-electron chi connectivity index (χ1n) is 12.8. The molecule has 2 heterocycles. The molecule has 0 spiro atoms. The van der Waals surface area contributed by atoms with E-state index in [1.807, 2.05) is 29.6 Å². The summed E-state index contributed by atoms with van der Waals surface area (Å²) in [6.45, 7) is 2.48. The van der Waals surface area contributed by atoms with Crippen LogP contribution in [0, 0.1) is 10.1 Å². The summed E-state index contributed by atoms with van der Waals surface area (Å²) in [6, 6.07) is 19.9. The van der Waals surface area contributed by atoms with Crippen molar-refractivity contribution in [1.29, 1.82) is 0 Å². The molecule has 4 rings (SSSR count). The Labute approximate surface area is 226 Å². The third-order valence-corrected chi connectivity index (χ3v) is 7.75. The van der Waals surface area contributed by atoms with Crippen LogP contribution < -0.4 is 11.1 Å². The fraction of sp³-hybridized carbons (Fsp3) is 0.357. The number of likely N-dealkylation sites (tertiary alicyclic amines) is 1. The van der Waals surface area contributed by atoms with Gasteiger partial charge in [-0.15, -0.1) is 11.3 Å². The number of amides is 2. The molecule has 38 heavy (non-hydrogen) atoms. The van der Waals surface area contributed by atoms with Gasteiger partial charge in [0.1, 0.15) is 6.04 Å². The summed E-state index contributed by atoms with van der Waals surface area (Å²) in [5.41, 5.74) is 7.85. The van der Waals surface area contributed by atoms with Crippen LogP contribution in [0.2, 0.25) is 0 Å². The van der Waals surface area contributed by atoms with E-state index < -0.39 is 11.0 Å². The molecule has 1 saturated heterocycles. The highest BCUT2D eigenvalue weighted by Gasteiger charge is 2.38. The maximum atomic E-state index is 13.3. The lowest BCUT2D eigenvalue weighted by atomic mass is 9.93. The number of hydrogen-bond acceptors (Lipinski definition) is 7. The van der Waals surface area contributed by atoms with Gasteiger partial charge in [0.25, 0.3) is 11.6 Å². The lowest BCUT2D eigenvalue weighted by molar-refractivity contribution is -0.384. The second kappa shape index (κ2) is 13.3. The number of rotatable bonds is 11. The van der Waals surface area contributed by atoms with Crippen molar-refractivity contribution in [1.82, 2.24) is 15.1 Å². The van der Waals surface area contributed by atoms with Crippen LogP contribution in [-0.4, -0.2) is 64.8 Å². The van der Waals surface area contributed by atoms with E-state index in [9.17, 15) is 19.7 Å². The Morgan fingerprint density at radius 3 is 2.50 bits per heavy atom. The zero-order valence-electron chi connectivity index (χ0n) is 21.2. The predicted molar refractivity (Wildman–Crippen MR) is 148 cm³/mol.